The van der Waals surface area contributed by atoms with E-state index in [1.54, 1.807) is 6.92 Å². The number of hydrogen-bond donors (Lipinski definition) is 3. The zero-order chi connectivity index (χ0) is 14.8. The quantitative estimate of drug-likeness (QED) is 0.633. The van der Waals surface area contributed by atoms with Crippen LogP contribution in [0.25, 0.3) is 0 Å². The molecule has 1 aromatic rings. The van der Waals surface area contributed by atoms with Crippen molar-refractivity contribution in [1.82, 2.24) is 16.0 Å². The Morgan fingerprint density at radius 2 is 1.40 bits per heavy atom. The summed E-state index contributed by atoms with van der Waals surface area (Å²) in [6, 6.07) is 9.25. The van der Waals surface area contributed by atoms with Crippen LogP contribution in [0, 0.1) is 0 Å². The molecule has 6 heteroatoms. The van der Waals surface area contributed by atoms with E-state index in [0.29, 0.717) is 6.54 Å². The van der Waals surface area contributed by atoms with Gasteiger partial charge in [0, 0.05) is 6.54 Å². The fourth-order valence-electron chi connectivity index (χ4n) is 1.52. The Kier molecular flexibility index (Phi) is 6.81. The molecule has 0 saturated carbocycles. The Balaban J connectivity index is 2.20. The van der Waals surface area contributed by atoms with Gasteiger partial charge in [0.25, 0.3) is 0 Å². The van der Waals surface area contributed by atoms with Gasteiger partial charge in [-0.25, -0.2) is 0 Å². The molecule has 0 saturated heterocycles. The molecular formula is C14H19N3O3. The minimum atomic E-state index is -0.391. The van der Waals surface area contributed by atoms with Gasteiger partial charge >= 0.3 is 0 Å². The van der Waals surface area contributed by atoms with Crippen molar-refractivity contribution in [2.75, 3.05) is 19.6 Å². The first kappa shape index (κ1) is 15.7. The lowest BCUT2D eigenvalue weighted by Gasteiger charge is -2.07. The molecule has 0 atom stereocenters. The summed E-state index contributed by atoms with van der Waals surface area (Å²) in [5.74, 6) is -0.876. The normalized spacial score (nSPS) is 9.65. The van der Waals surface area contributed by atoms with Crippen molar-refractivity contribution in [2.24, 2.45) is 0 Å². The topological polar surface area (TPSA) is 87.3 Å². The summed E-state index contributed by atoms with van der Waals surface area (Å²) in [5.41, 5.74) is 0.882. The number of likely N-dealkylation sites (N-methyl/N-ethyl adjacent to an activating group) is 1. The standard InChI is InChI=1S/C14H19N3O3/c1-2-15-13(19)9-17-14(20)10-16-12(18)8-11-6-4-3-5-7-11/h3-7H,2,8-10H2,1H3,(H,15,19)(H,16,18)(H,17,20). The van der Waals surface area contributed by atoms with Crippen LogP contribution < -0.4 is 16.0 Å². The second-order valence-electron chi connectivity index (χ2n) is 4.17. The van der Waals surface area contributed by atoms with Crippen molar-refractivity contribution >= 4 is 17.7 Å². The Bertz CT molecular complexity index is 460. The molecule has 6 nitrogen and oxygen atoms in total. The maximum atomic E-state index is 11.6. The molecule has 20 heavy (non-hydrogen) atoms. The van der Waals surface area contributed by atoms with Crippen molar-refractivity contribution in [3.63, 3.8) is 0 Å². The van der Waals surface area contributed by atoms with Crippen LogP contribution in [0.2, 0.25) is 0 Å². The van der Waals surface area contributed by atoms with Gasteiger partial charge < -0.3 is 16.0 Å². The zero-order valence-electron chi connectivity index (χ0n) is 11.4. The highest BCUT2D eigenvalue weighted by Gasteiger charge is 2.07. The minimum Gasteiger partial charge on any atom is -0.355 e. The average Bonchev–Trinajstić information content (AvgIpc) is 2.44. The number of rotatable bonds is 7. The third-order valence-corrected chi connectivity index (χ3v) is 2.47. The van der Waals surface area contributed by atoms with Crippen LogP contribution in [0.15, 0.2) is 30.3 Å². The average molecular weight is 277 g/mol. The van der Waals surface area contributed by atoms with Crippen LogP contribution >= 0.6 is 0 Å². The lowest BCUT2D eigenvalue weighted by molar-refractivity contribution is -0.127. The van der Waals surface area contributed by atoms with Crippen molar-refractivity contribution < 1.29 is 14.4 Å². The summed E-state index contributed by atoms with van der Waals surface area (Å²) in [5, 5.41) is 7.48. The fraction of sp³-hybridized carbons (Fsp3) is 0.357. The van der Waals surface area contributed by atoms with E-state index in [4.69, 9.17) is 0 Å². The molecule has 0 aromatic heterocycles. The number of hydrogen-bond acceptors (Lipinski definition) is 3. The molecule has 3 amide bonds. The minimum absolute atomic E-state index is 0.0821. The first-order chi connectivity index (χ1) is 9.61. The van der Waals surface area contributed by atoms with E-state index in [0.717, 1.165) is 5.56 Å². The lowest BCUT2D eigenvalue weighted by atomic mass is 10.1. The summed E-state index contributed by atoms with van der Waals surface area (Å²) < 4.78 is 0. The van der Waals surface area contributed by atoms with Gasteiger partial charge in [-0.1, -0.05) is 30.3 Å². The van der Waals surface area contributed by atoms with Crippen molar-refractivity contribution in [3.05, 3.63) is 35.9 Å². The third-order valence-electron chi connectivity index (χ3n) is 2.47. The molecule has 0 radical (unpaired) electrons. The van der Waals surface area contributed by atoms with Gasteiger partial charge in [-0.15, -0.1) is 0 Å². The van der Waals surface area contributed by atoms with Crippen molar-refractivity contribution in [3.8, 4) is 0 Å². The number of carbonyl (C=O) groups is 3. The Morgan fingerprint density at radius 3 is 2.00 bits per heavy atom. The number of carbonyl (C=O) groups excluding carboxylic acids is 3. The van der Waals surface area contributed by atoms with E-state index in [9.17, 15) is 14.4 Å². The van der Waals surface area contributed by atoms with Crippen LogP contribution in [-0.4, -0.2) is 37.4 Å². The van der Waals surface area contributed by atoms with Gasteiger partial charge in [0.05, 0.1) is 19.5 Å². The second kappa shape index (κ2) is 8.68. The van der Waals surface area contributed by atoms with E-state index in [1.807, 2.05) is 30.3 Å². The van der Waals surface area contributed by atoms with Crippen LogP contribution in [0.4, 0.5) is 0 Å². The van der Waals surface area contributed by atoms with Crippen LogP contribution in [0.5, 0.6) is 0 Å². The monoisotopic (exact) mass is 277 g/mol. The molecule has 0 bridgehead atoms. The maximum absolute atomic E-state index is 11.6. The van der Waals surface area contributed by atoms with Crippen LogP contribution in [0.1, 0.15) is 12.5 Å². The number of benzene rings is 1. The number of nitrogens with one attached hydrogen (secondary N) is 3. The highest BCUT2D eigenvalue weighted by molar-refractivity contribution is 5.88. The summed E-state index contributed by atoms with van der Waals surface area (Å²) in [6.45, 7) is 2.10. The zero-order valence-corrected chi connectivity index (χ0v) is 11.4. The van der Waals surface area contributed by atoms with Crippen LogP contribution in [-0.2, 0) is 20.8 Å². The molecule has 0 spiro atoms. The SMILES string of the molecule is CCNC(=O)CNC(=O)CNC(=O)Cc1ccccc1. The molecule has 1 rings (SSSR count). The van der Waals surface area contributed by atoms with E-state index >= 15 is 0 Å². The van der Waals surface area contributed by atoms with Gasteiger partial charge in [-0.05, 0) is 12.5 Å². The van der Waals surface area contributed by atoms with Crippen molar-refractivity contribution in [2.45, 2.75) is 13.3 Å². The summed E-state index contributed by atoms with van der Waals surface area (Å²) >= 11 is 0. The second-order valence-corrected chi connectivity index (χ2v) is 4.17. The fourth-order valence-corrected chi connectivity index (χ4v) is 1.52. The summed E-state index contributed by atoms with van der Waals surface area (Å²) in [4.78, 5) is 34.1. The molecule has 108 valence electrons. The molecule has 0 aliphatic carbocycles. The van der Waals surface area contributed by atoms with Gasteiger partial charge in [-0.3, -0.25) is 14.4 Å². The Morgan fingerprint density at radius 1 is 0.850 bits per heavy atom. The molecule has 3 N–H and O–H groups in total. The van der Waals surface area contributed by atoms with E-state index in [-0.39, 0.29) is 31.3 Å². The van der Waals surface area contributed by atoms with Gasteiger partial charge in [0.1, 0.15) is 0 Å². The van der Waals surface area contributed by atoms with Gasteiger partial charge in [0.2, 0.25) is 17.7 Å². The first-order valence-corrected chi connectivity index (χ1v) is 6.46. The Labute approximate surface area is 117 Å². The maximum Gasteiger partial charge on any atom is 0.239 e. The first-order valence-electron chi connectivity index (χ1n) is 6.46. The summed E-state index contributed by atoms with van der Waals surface area (Å²) in [6.07, 6.45) is 0.227. The molecule has 0 aliphatic heterocycles. The van der Waals surface area contributed by atoms with Crippen molar-refractivity contribution in [1.29, 1.82) is 0 Å². The smallest absolute Gasteiger partial charge is 0.239 e. The highest BCUT2D eigenvalue weighted by Crippen LogP contribution is 1.98. The summed E-state index contributed by atoms with van der Waals surface area (Å²) in [7, 11) is 0. The molecule has 0 heterocycles. The van der Waals surface area contributed by atoms with E-state index < -0.39 is 5.91 Å². The largest absolute Gasteiger partial charge is 0.355 e. The van der Waals surface area contributed by atoms with E-state index in [1.165, 1.54) is 0 Å². The molecule has 0 fully saturated rings. The van der Waals surface area contributed by atoms with E-state index in [2.05, 4.69) is 16.0 Å². The van der Waals surface area contributed by atoms with Gasteiger partial charge in [-0.2, -0.15) is 0 Å². The predicted molar refractivity (Wildman–Crippen MR) is 74.8 cm³/mol. The van der Waals surface area contributed by atoms with Gasteiger partial charge in [0.15, 0.2) is 0 Å². The molecule has 1 aromatic carbocycles. The van der Waals surface area contributed by atoms with Crippen LogP contribution in [0.3, 0.4) is 0 Å². The lowest BCUT2D eigenvalue weighted by Crippen LogP contribution is -2.42. The molecular weight excluding hydrogens is 258 g/mol. The molecule has 0 aliphatic rings. The Hall–Kier alpha value is -2.37. The third kappa shape index (κ3) is 6.53. The predicted octanol–water partition coefficient (Wildman–Crippen LogP) is -0.402. The molecule has 0 unspecified atom stereocenters. The highest BCUT2D eigenvalue weighted by atomic mass is 16.2. The number of amides is 3.